The van der Waals surface area contributed by atoms with Gasteiger partial charge < -0.3 is 5.32 Å². The average Bonchev–Trinajstić information content (AvgIpc) is 2.39. The molecule has 0 aliphatic heterocycles. The molecule has 5 heteroatoms. The van der Waals surface area contributed by atoms with Crippen LogP contribution in [-0.2, 0) is 12.7 Å². The van der Waals surface area contributed by atoms with E-state index in [1.54, 1.807) is 19.2 Å². The van der Waals surface area contributed by atoms with Crippen molar-refractivity contribution in [3.8, 4) is 11.1 Å². The third-order valence-electron chi connectivity index (χ3n) is 2.97. The second-order valence-corrected chi connectivity index (χ2v) is 4.38. The second-order valence-electron chi connectivity index (χ2n) is 4.38. The molecule has 0 fully saturated rings. The molecule has 0 aliphatic carbocycles. The van der Waals surface area contributed by atoms with Crippen LogP contribution in [0.1, 0.15) is 11.1 Å². The van der Waals surface area contributed by atoms with Crippen molar-refractivity contribution >= 4 is 0 Å². The van der Waals surface area contributed by atoms with E-state index in [-0.39, 0.29) is 0 Å². The molecule has 2 aromatic carbocycles. The maximum absolute atomic E-state index is 13.3. The summed E-state index contributed by atoms with van der Waals surface area (Å²) < 4.78 is 51.5. The van der Waals surface area contributed by atoms with Crippen molar-refractivity contribution in [2.45, 2.75) is 12.7 Å². The summed E-state index contributed by atoms with van der Waals surface area (Å²) in [5, 5.41) is 2.95. The zero-order valence-electron chi connectivity index (χ0n) is 10.8. The Kier molecular flexibility index (Phi) is 4.09. The molecule has 0 amide bonds. The highest BCUT2D eigenvalue weighted by atomic mass is 19.4. The minimum absolute atomic E-state index is 0.351. The number of hydrogen-bond donors (Lipinski definition) is 1. The lowest BCUT2D eigenvalue weighted by Crippen LogP contribution is -2.09. The van der Waals surface area contributed by atoms with E-state index in [9.17, 15) is 17.6 Å². The summed E-state index contributed by atoms with van der Waals surface area (Å²) in [6.45, 7) is 0.523. The summed E-state index contributed by atoms with van der Waals surface area (Å²) in [4.78, 5) is 0. The van der Waals surface area contributed by atoms with Gasteiger partial charge in [-0.25, -0.2) is 4.39 Å². The highest BCUT2D eigenvalue weighted by molar-refractivity contribution is 5.68. The van der Waals surface area contributed by atoms with Gasteiger partial charge in [-0.3, -0.25) is 0 Å². The predicted molar refractivity (Wildman–Crippen MR) is 69.6 cm³/mol. The van der Waals surface area contributed by atoms with Crippen LogP contribution in [0, 0.1) is 5.82 Å². The Morgan fingerprint density at radius 3 is 2.40 bits per heavy atom. The lowest BCUT2D eigenvalue weighted by atomic mass is 9.97. The Morgan fingerprint density at radius 2 is 1.75 bits per heavy atom. The first-order valence-corrected chi connectivity index (χ1v) is 6.03. The van der Waals surface area contributed by atoms with E-state index in [2.05, 4.69) is 5.32 Å². The summed E-state index contributed by atoms with van der Waals surface area (Å²) in [5.74, 6) is -1.26. The molecular formula is C15H13F4N. The quantitative estimate of drug-likeness (QED) is 0.831. The molecular weight excluding hydrogens is 270 g/mol. The summed E-state index contributed by atoms with van der Waals surface area (Å²) in [7, 11) is 1.75. The molecule has 0 aromatic heterocycles. The first-order chi connectivity index (χ1) is 9.43. The van der Waals surface area contributed by atoms with Gasteiger partial charge in [-0.05, 0) is 35.9 Å². The monoisotopic (exact) mass is 283 g/mol. The molecule has 0 saturated heterocycles. The third-order valence-corrected chi connectivity index (χ3v) is 2.97. The Hall–Kier alpha value is -1.88. The van der Waals surface area contributed by atoms with Gasteiger partial charge in [0.2, 0.25) is 0 Å². The first-order valence-electron chi connectivity index (χ1n) is 6.03. The van der Waals surface area contributed by atoms with E-state index >= 15 is 0 Å². The number of alkyl halides is 3. The van der Waals surface area contributed by atoms with Crippen LogP contribution in [0.4, 0.5) is 17.6 Å². The lowest BCUT2D eigenvalue weighted by molar-refractivity contribution is -0.139. The smallest absolute Gasteiger partial charge is 0.316 e. The van der Waals surface area contributed by atoms with Crippen LogP contribution >= 0.6 is 0 Å². The summed E-state index contributed by atoms with van der Waals surface area (Å²) in [5.41, 5.74) is 0.626. The number of rotatable bonds is 3. The van der Waals surface area contributed by atoms with E-state index in [1.807, 2.05) is 12.1 Å². The third kappa shape index (κ3) is 2.99. The molecule has 0 bridgehead atoms. The Morgan fingerprint density at radius 1 is 1.05 bits per heavy atom. The minimum atomic E-state index is -4.70. The van der Waals surface area contributed by atoms with Crippen molar-refractivity contribution in [3.63, 3.8) is 0 Å². The van der Waals surface area contributed by atoms with Crippen LogP contribution in [0.2, 0.25) is 0 Å². The fraction of sp³-hybridized carbons (Fsp3) is 0.200. The Bertz CT molecular complexity index is 605. The van der Waals surface area contributed by atoms with Crippen LogP contribution < -0.4 is 5.32 Å². The van der Waals surface area contributed by atoms with E-state index in [4.69, 9.17) is 0 Å². The highest BCUT2D eigenvalue weighted by Gasteiger charge is 2.34. The van der Waals surface area contributed by atoms with Gasteiger partial charge in [-0.1, -0.05) is 30.3 Å². The Labute approximate surface area is 114 Å². The van der Waals surface area contributed by atoms with Gasteiger partial charge in [-0.2, -0.15) is 13.2 Å². The standard InChI is InChI=1S/C15H13F4N/c1-20-9-11-4-2-3-5-12(11)10-6-7-14(16)13(8-10)15(17,18)19/h2-8,20H,9H2,1H3. The van der Waals surface area contributed by atoms with Crippen LogP contribution in [0.5, 0.6) is 0 Å². The van der Waals surface area contributed by atoms with Crippen molar-refractivity contribution in [1.82, 2.24) is 5.32 Å². The van der Waals surface area contributed by atoms with Crippen molar-refractivity contribution in [2.24, 2.45) is 0 Å². The molecule has 2 aromatic rings. The summed E-state index contributed by atoms with van der Waals surface area (Å²) in [6.07, 6.45) is -4.70. The van der Waals surface area contributed by atoms with Gasteiger partial charge in [-0.15, -0.1) is 0 Å². The fourth-order valence-electron chi connectivity index (χ4n) is 2.06. The number of hydrogen-bond acceptors (Lipinski definition) is 1. The van der Waals surface area contributed by atoms with Crippen LogP contribution in [-0.4, -0.2) is 7.05 Å². The first kappa shape index (κ1) is 14.5. The van der Waals surface area contributed by atoms with Crippen LogP contribution in [0.15, 0.2) is 42.5 Å². The molecule has 1 N–H and O–H groups in total. The number of benzene rings is 2. The van der Waals surface area contributed by atoms with Crippen molar-refractivity contribution in [1.29, 1.82) is 0 Å². The van der Waals surface area contributed by atoms with Gasteiger partial charge in [0.15, 0.2) is 0 Å². The predicted octanol–water partition coefficient (Wildman–Crippen LogP) is 4.23. The molecule has 20 heavy (non-hydrogen) atoms. The molecule has 0 spiro atoms. The Balaban J connectivity index is 2.54. The van der Waals surface area contributed by atoms with Crippen molar-refractivity contribution in [3.05, 3.63) is 59.4 Å². The van der Waals surface area contributed by atoms with E-state index in [0.717, 1.165) is 17.7 Å². The zero-order valence-corrected chi connectivity index (χ0v) is 10.8. The molecule has 0 heterocycles. The van der Waals surface area contributed by atoms with E-state index < -0.39 is 17.6 Å². The second kappa shape index (κ2) is 5.63. The SMILES string of the molecule is CNCc1ccccc1-c1ccc(F)c(C(F)(F)F)c1. The van der Waals surface area contributed by atoms with Gasteiger partial charge >= 0.3 is 6.18 Å². The minimum Gasteiger partial charge on any atom is -0.316 e. The maximum atomic E-state index is 13.3. The van der Waals surface area contributed by atoms with Crippen LogP contribution in [0.3, 0.4) is 0 Å². The molecule has 0 atom stereocenters. The summed E-state index contributed by atoms with van der Waals surface area (Å²) in [6, 6.07) is 10.2. The lowest BCUT2D eigenvalue weighted by Gasteiger charge is -2.13. The van der Waals surface area contributed by atoms with Crippen molar-refractivity contribution in [2.75, 3.05) is 7.05 Å². The fourth-order valence-corrected chi connectivity index (χ4v) is 2.06. The average molecular weight is 283 g/mol. The van der Waals surface area contributed by atoms with Crippen LogP contribution in [0.25, 0.3) is 11.1 Å². The molecule has 106 valence electrons. The van der Waals surface area contributed by atoms with Gasteiger partial charge in [0.25, 0.3) is 0 Å². The van der Waals surface area contributed by atoms with E-state index in [0.29, 0.717) is 17.7 Å². The topological polar surface area (TPSA) is 12.0 Å². The van der Waals surface area contributed by atoms with Crippen molar-refractivity contribution < 1.29 is 17.6 Å². The van der Waals surface area contributed by atoms with Gasteiger partial charge in [0.1, 0.15) is 5.82 Å². The van der Waals surface area contributed by atoms with Gasteiger partial charge in [0.05, 0.1) is 5.56 Å². The number of halogens is 4. The molecule has 2 rings (SSSR count). The summed E-state index contributed by atoms with van der Waals surface area (Å²) >= 11 is 0. The maximum Gasteiger partial charge on any atom is 0.419 e. The highest BCUT2D eigenvalue weighted by Crippen LogP contribution is 2.35. The molecule has 0 aliphatic rings. The molecule has 0 unspecified atom stereocenters. The van der Waals surface area contributed by atoms with Gasteiger partial charge in [0, 0.05) is 6.54 Å². The molecule has 0 radical (unpaired) electrons. The largest absolute Gasteiger partial charge is 0.419 e. The molecule has 1 nitrogen and oxygen atoms in total. The molecule has 0 saturated carbocycles. The zero-order chi connectivity index (χ0) is 14.8. The van der Waals surface area contributed by atoms with E-state index in [1.165, 1.54) is 6.07 Å². The number of nitrogens with one attached hydrogen (secondary N) is 1. The normalized spacial score (nSPS) is 11.7.